The molecule has 1 fully saturated rings. The second kappa shape index (κ2) is 5.94. The van der Waals surface area contributed by atoms with E-state index in [1.807, 2.05) is 61.1 Å². The molecule has 0 aliphatic carbocycles. The highest BCUT2D eigenvalue weighted by molar-refractivity contribution is 5.14. The van der Waals surface area contributed by atoms with E-state index in [9.17, 15) is 13.2 Å². The highest BCUT2D eigenvalue weighted by atomic mass is 19.4. The van der Waals surface area contributed by atoms with Crippen LogP contribution in [0.3, 0.4) is 0 Å². The van der Waals surface area contributed by atoms with Crippen molar-refractivity contribution in [1.82, 2.24) is 10.0 Å². The summed E-state index contributed by atoms with van der Waals surface area (Å²) in [6, 6.07) is 9.72. The van der Waals surface area contributed by atoms with Crippen molar-refractivity contribution >= 4 is 0 Å². The van der Waals surface area contributed by atoms with Gasteiger partial charge in [0.2, 0.25) is 0 Å². The molecule has 1 unspecified atom stereocenters. The van der Waals surface area contributed by atoms with Crippen LogP contribution in [-0.4, -0.2) is 41.1 Å². The summed E-state index contributed by atoms with van der Waals surface area (Å²) < 4.78 is 41.5. The lowest BCUT2D eigenvalue weighted by Crippen LogP contribution is -2.48. The van der Waals surface area contributed by atoms with Gasteiger partial charge in [-0.05, 0) is 26.3 Å². The van der Waals surface area contributed by atoms with Crippen LogP contribution in [0.15, 0.2) is 30.3 Å². The molecule has 0 radical (unpaired) electrons. The molecule has 1 aromatic rings. The molecule has 0 bridgehead atoms. The summed E-state index contributed by atoms with van der Waals surface area (Å²) in [5.74, 6) is 0. The van der Waals surface area contributed by atoms with Gasteiger partial charge in [0.15, 0.2) is 0 Å². The molecule has 1 aromatic carbocycles. The maximum absolute atomic E-state index is 12.4. The monoisotopic (exact) mass is 302 g/mol. The number of hydrogen-bond acceptors (Lipinski definition) is 3. The van der Waals surface area contributed by atoms with Crippen LogP contribution in [0.2, 0.25) is 0 Å². The van der Waals surface area contributed by atoms with E-state index < -0.39 is 12.5 Å². The van der Waals surface area contributed by atoms with Gasteiger partial charge in [-0.2, -0.15) is 0 Å². The molecule has 2 rings (SSSR count). The van der Waals surface area contributed by atoms with E-state index in [0.29, 0.717) is 6.54 Å². The normalized spacial score (nSPS) is 21.9. The third-order valence-corrected chi connectivity index (χ3v) is 3.41. The Morgan fingerprint density at radius 2 is 1.71 bits per heavy atom. The van der Waals surface area contributed by atoms with E-state index in [0.717, 1.165) is 5.56 Å². The molecular formula is C15H21F3N2O. The topological polar surface area (TPSA) is 15.7 Å². The number of alkyl halides is 3. The fourth-order valence-electron chi connectivity index (χ4n) is 2.61. The van der Waals surface area contributed by atoms with Crippen LogP contribution in [-0.2, 0) is 11.3 Å². The first kappa shape index (κ1) is 16.3. The molecule has 0 N–H and O–H groups in total. The van der Waals surface area contributed by atoms with Gasteiger partial charge in [0.25, 0.3) is 0 Å². The molecule has 0 aromatic heterocycles. The lowest BCUT2D eigenvalue weighted by atomic mass is 10.1. The maximum Gasteiger partial charge on any atom is 0.522 e. The minimum atomic E-state index is -4.59. The van der Waals surface area contributed by atoms with Crippen molar-refractivity contribution in [3.8, 4) is 0 Å². The standard InChI is InChI=1S/C15H21F3N2O/c1-14(2,3)20-11-13(21-15(16,17)18)10-19(20)9-12-7-5-4-6-8-12/h4-8,13H,9-11H2,1-3H3. The van der Waals surface area contributed by atoms with E-state index >= 15 is 0 Å². The van der Waals surface area contributed by atoms with Crippen molar-refractivity contribution in [2.75, 3.05) is 13.1 Å². The second-order valence-corrected chi connectivity index (χ2v) is 6.27. The predicted molar refractivity (Wildman–Crippen MR) is 74.2 cm³/mol. The Bertz CT molecular complexity index is 456. The number of benzene rings is 1. The summed E-state index contributed by atoms with van der Waals surface area (Å²) in [5, 5.41) is 3.89. The van der Waals surface area contributed by atoms with Crippen LogP contribution >= 0.6 is 0 Å². The molecule has 21 heavy (non-hydrogen) atoms. The average molecular weight is 302 g/mol. The Morgan fingerprint density at radius 3 is 2.24 bits per heavy atom. The van der Waals surface area contributed by atoms with Crippen LogP contribution in [0.25, 0.3) is 0 Å². The first-order valence-electron chi connectivity index (χ1n) is 6.96. The molecule has 0 amide bonds. The molecule has 1 aliphatic heterocycles. The highest BCUT2D eigenvalue weighted by Gasteiger charge is 2.42. The third-order valence-electron chi connectivity index (χ3n) is 3.41. The van der Waals surface area contributed by atoms with Crippen molar-refractivity contribution in [3.63, 3.8) is 0 Å². The molecule has 118 valence electrons. The van der Waals surface area contributed by atoms with E-state index in [1.165, 1.54) is 0 Å². The zero-order valence-electron chi connectivity index (χ0n) is 12.5. The number of rotatable bonds is 3. The zero-order valence-corrected chi connectivity index (χ0v) is 12.5. The van der Waals surface area contributed by atoms with Crippen molar-refractivity contribution in [1.29, 1.82) is 0 Å². The molecular weight excluding hydrogens is 281 g/mol. The Labute approximate surface area is 123 Å². The van der Waals surface area contributed by atoms with Crippen LogP contribution < -0.4 is 0 Å². The molecule has 0 spiro atoms. The number of nitrogens with zero attached hydrogens (tertiary/aromatic N) is 2. The predicted octanol–water partition coefficient (Wildman–Crippen LogP) is 3.42. The number of hydrogen-bond donors (Lipinski definition) is 0. The first-order valence-corrected chi connectivity index (χ1v) is 6.96. The van der Waals surface area contributed by atoms with E-state index in [4.69, 9.17) is 0 Å². The van der Waals surface area contributed by atoms with E-state index in [1.54, 1.807) is 0 Å². The van der Waals surface area contributed by atoms with E-state index in [2.05, 4.69) is 4.74 Å². The minimum Gasteiger partial charge on any atom is -0.286 e. The average Bonchev–Trinajstić information content (AvgIpc) is 2.70. The van der Waals surface area contributed by atoms with Crippen LogP contribution in [0, 0.1) is 0 Å². The molecule has 0 saturated carbocycles. The van der Waals surface area contributed by atoms with Crippen molar-refractivity contribution in [2.24, 2.45) is 0 Å². The van der Waals surface area contributed by atoms with Crippen LogP contribution in [0.5, 0.6) is 0 Å². The summed E-state index contributed by atoms with van der Waals surface area (Å²) in [6.45, 7) is 7.03. The fourth-order valence-corrected chi connectivity index (χ4v) is 2.61. The zero-order chi connectivity index (χ0) is 15.7. The van der Waals surface area contributed by atoms with Crippen LogP contribution in [0.4, 0.5) is 13.2 Å². The molecule has 1 saturated heterocycles. The number of ether oxygens (including phenoxy) is 1. The SMILES string of the molecule is CC(C)(C)N1CC(OC(F)(F)F)CN1Cc1ccccc1. The maximum atomic E-state index is 12.4. The molecule has 6 heteroatoms. The van der Waals surface area contributed by atoms with Gasteiger partial charge < -0.3 is 0 Å². The van der Waals surface area contributed by atoms with Gasteiger partial charge in [-0.1, -0.05) is 30.3 Å². The lowest BCUT2D eigenvalue weighted by molar-refractivity contribution is -0.339. The van der Waals surface area contributed by atoms with Gasteiger partial charge in [0, 0.05) is 25.2 Å². The second-order valence-electron chi connectivity index (χ2n) is 6.27. The molecule has 3 nitrogen and oxygen atoms in total. The third kappa shape index (κ3) is 4.69. The summed E-state index contributed by atoms with van der Waals surface area (Å²) in [5.41, 5.74) is 0.817. The van der Waals surface area contributed by atoms with Gasteiger partial charge in [0.1, 0.15) is 0 Å². The largest absolute Gasteiger partial charge is 0.522 e. The van der Waals surface area contributed by atoms with Gasteiger partial charge in [-0.25, -0.2) is 10.0 Å². The Hall–Kier alpha value is -1.11. The molecule has 1 atom stereocenters. The smallest absolute Gasteiger partial charge is 0.286 e. The van der Waals surface area contributed by atoms with Gasteiger partial charge in [0.05, 0.1) is 6.10 Å². The minimum absolute atomic E-state index is 0.242. The summed E-state index contributed by atoms with van der Waals surface area (Å²) in [4.78, 5) is 0. The van der Waals surface area contributed by atoms with Crippen molar-refractivity contribution in [2.45, 2.75) is 45.3 Å². The Kier molecular flexibility index (Phi) is 4.60. The Balaban J connectivity index is 2.09. The summed E-state index contributed by atoms with van der Waals surface area (Å²) in [7, 11) is 0. The van der Waals surface area contributed by atoms with E-state index in [-0.39, 0.29) is 18.6 Å². The van der Waals surface area contributed by atoms with Gasteiger partial charge >= 0.3 is 6.36 Å². The highest BCUT2D eigenvalue weighted by Crippen LogP contribution is 2.29. The molecule has 1 heterocycles. The van der Waals surface area contributed by atoms with Crippen molar-refractivity contribution in [3.05, 3.63) is 35.9 Å². The van der Waals surface area contributed by atoms with Crippen LogP contribution in [0.1, 0.15) is 26.3 Å². The number of hydrazine groups is 1. The summed E-state index contributed by atoms with van der Waals surface area (Å²) >= 11 is 0. The quantitative estimate of drug-likeness (QED) is 0.851. The fraction of sp³-hybridized carbons (Fsp3) is 0.600. The first-order chi connectivity index (χ1) is 9.65. The van der Waals surface area contributed by atoms with Gasteiger partial charge in [-0.15, -0.1) is 13.2 Å². The van der Waals surface area contributed by atoms with Crippen molar-refractivity contribution < 1.29 is 17.9 Å². The molecule has 1 aliphatic rings. The lowest BCUT2D eigenvalue weighted by Gasteiger charge is -2.38. The number of halogens is 3. The van der Waals surface area contributed by atoms with Gasteiger partial charge in [-0.3, -0.25) is 4.74 Å². The Morgan fingerprint density at radius 1 is 1.10 bits per heavy atom. The summed E-state index contributed by atoms with van der Waals surface area (Å²) in [6.07, 6.45) is -5.44.